The molecule has 2 aromatic rings. The Hall–Kier alpha value is -1.60. The first-order valence-electron chi connectivity index (χ1n) is 8.75. The summed E-state index contributed by atoms with van der Waals surface area (Å²) in [5, 5.41) is 0. The first kappa shape index (κ1) is 16.8. The fourth-order valence-corrected chi connectivity index (χ4v) is 5.13. The molecule has 0 N–H and O–H groups in total. The van der Waals surface area contributed by atoms with Crippen LogP contribution in [0.4, 0.5) is 0 Å². The highest BCUT2D eigenvalue weighted by Gasteiger charge is 2.35. The molecule has 1 saturated heterocycles. The molecule has 2 heterocycles. The molecule has 1 aliphatic carbocycles. The van der Waals surface area contributed by atoms with Gasteiger partial charge in [0.05, 0.1) is 10.2 Å². The molecule has 25 heavy (non-hydrogen) atoms. The van der Waals surface area contributed by atoms with Gasteiger partial charge in [0, 0.05) is 44.3 Å². The van der Waals surface area contributed by atoms with Gasteiger partial charge in [-0.3, -0.25) is 9.59 Å². The molecule has 0 bridgehead atoms. The average Bonchev–Trinajstić information content (AvgIpc) is 3.41. The van der Waals surface area contributed by atoms with Crippen molar-refractivity contribution in [3.63, 3.8) is 0 Å². The molecule has 7 heteroatoms. The number of benzene rings is 1. The van der Waals surface area contributed by atoms with Gasteiger partial charge in [-0.25, -0.2) is 4.98 Å². The van der Waals surface area contributed by atoms with Gasteiger partial charge < -0.3 is 9.80 Å². The van der Waals surface area contributed by atoms with Crippen molar-refractivity contribution < 1.29 is 9.59 Å². The third-order valence-electron chi connectivity index (χ3n) is 4.69. The second kappa shape index (κ2) is 7.33. The number of aromatic nitrogens is 1. The number of hydrogen-bond donors (Lipinski definition) is 0. The first-order chi connectivity index (χ1) is 12.2. The summed E-state index contributed by atoms with van der Waals surface area (Å²) in [4.78, 5) is 32.8. The maximum atomic E-state index is 12.4. The zero-order chi connectivity index (χ0) is 17.2. The summed E-state index contributed by atoms with van der Waals surface area (Å²) in [5.74, 6) is 1.50. The second-order valence-corrected chi connectivity index (χ2v) is 8.90. The fraction of sp³-hybridized carbons (Fsp3) is 0.500. The highest BCUT2D eigenvalue weighted by atomic mass is 32.2. The molecule has 0 radical (unpaired) electrons. The summed E-state index contributed by atoms with van der Waals surface area (Å²) in [7, 11) is 0. The lowest BCUT2D eigenvalue weighted by molar-refractivity contribution is -0.140. The number of carbonyl (C=O) groups excluding carboxylic acids is 2. The van der Waals surface area contributed by atoms with Crippen LogP contribution in [0.15, 0.2) is 28.6 Å². The van der Waals surface area contributed by atoms with Crippen LogP contribution >= 0.6 is 23.1 Å². The number of amides is 2. The molecule has 1 aromatic heterocycles. The number of rotatable bonds is 5. The van der Waals surface area contributed by atoms with Crippen molar-refractivity contribution in [2.45, 2.75) is 23.6 Å². The van der Waals surface area contributed by atoms with Crippen molar-refractivity contribution in [3.05, 3.63) is 24.3 Å². The predicted molar refractivity (Wildman–Crippen MR) is 101 cm³/mol. The Balaban J connectivity index is 1.22. The molecule has 0 atom stereocenters. The van der Waals surface area contributed by atoms with Gasteiger partial charge in [0.1, 0.15) is 0 Å². The smallest absolute Gasteiger partial charge is 0.225 e. The van der Waals surface area contributed by atoms with E-state index < -0.39 is 0 Å². The molecule has 2 amide bonds. The second-order valence-electron chi connectivity index (χ2n) is 6.53. The topological polar surface area (TPSA) is 53.5 Å². The van der Waals surface area contributed by atoms with Crippen molar-refractivity contribution in [2.75, 3.05) is 31.9 Å². The van der Waals surface area contributed by atoms with Gasteiger partial charge in [-0.1, -0.05) is 23.9 Å². The Morgan fingerprint density at radius 1 is 1.12 bits per heavy atom. The van der Waals surface area contributed by atoms with E-state index in [0.29, 0.717) is 38.5 Å². The van der Waals surface area contributed by atoms with Crippen LogP contribution < -0.4 is 0 Å². The fourth-order valence-electron chi connectivity index (χ4n) is 3.06. The van der Waals surface area contributed by atoms with E-state index in [0.717, 1.165) is 28.5 Å². The summed E-state index contributed by atoms with van der Waals surface area (Å²) >= 11 is 3.33. The summed E-state index contributed by atoms with van der Waals surface area (Å²) in [6.07, 6.45) is 2.61. The number of fused-ring (bicyclic) bond motifs is 1. The normalized spacial score (nSPS) is 17.9. The summed E-state index contributed by atoms with van der Waals surface area (Å²) in [6.45, 7) is 2.71. The zero-order valence-electron chi connectivity index (χ0n) is 14.0. The molecular weight excluding hydrogens is 354 g/mol. The maximum Gasteiger partial charge on any atom is 0.225 e. The van der Waals surface area contributed by atoms with Crippen LogP contribution in [0.25, 0.3) is 10.2 Å². The maximum absolute atomic E-state index is 12.4. The quantitative estimate of drug-likeness (QED) is 0.754. The molecule has 132 valence electrons. The van der Waals surface area contributed by atoms with Crippen LogP contribution in [-0.2, 0) is 9.59 Å². The Morgan fingerprint density at radius 2 is 1.84 bits per heavy atom. The van der Waals surface area contributed by atoms with Crippen molar-refractivity contribution in [3.8, 4) is 0 Å². The minimum absolute atomic E-state index is 0.187. The number of carbonyl (C=O) groups is 2. The number of thiazole rings is 1. The Labute approximate surface area is 155 Å². The Bertz CT molecular complexity index is 746. The molecule has 2 fully saturated rings. The van der Waals surface area contributed by atoms with E-state index >= 15 is 0 Å². The van der Waals surface area contributed by atoms with E-state index in [4.69, 9.17) is 0 Å². The molecule has 1 saturated carbocycles. The van der Waals surface area contributed by atoms with Crippen LogP contribution in [0.5, 0.6) is 0 Å². The van der Waals surface area contributed by atoms with Gasteiger partial charge in [-0.05, 0) is 25.0 Å². The molecule has 4 rings (SSSR count). The highest BCUT2D eigenvalue weighted by Crippen LogP contribution is 2.31. The molecule has 0 unspecified atom stereocenters. The van der Waals surface area contributed by atoms with Gasteiger partial charge in [0.25, 0.3) is 0 Å². The number of para-hydroxylation sites is 1. The zero-order valence-corrected chi connectivity index (χ0v) is 15.7. The molecule has 2 aliphatic rings. The highest BCUT2D eigenvalue weighted by molar-refractivity contribution is 8.01. The average molecular weight is 376 g/mol. The van der Waals surface area contributed by atoms with E-state index in [9.17, 15) is 9.59 Å². The van der Waals surface area contributed by atoms with E-state index in [2.05, 4.69) is 11.1 Å². The lowest BCUT2D eigenvalue weighted by Gasteiger charge is -2.35. The summed E-state index contributed by atoms with van der Waals surface area (Å²) in [5.41, 5.74) is 1.03. The van der Waals surface area contributed by atoms with E-state index in [1.807, 2.05) is 28.0 Å². The van der Waals surface area contributed by atoms with Crippen molar-refractivity contribution in [1.82, 2.24) is 14.8 Å². The van der Waals surface area contributed by atoms with Crippen molar-refractivity contribution in [2.24, 2.45) is 5.92 Å². The van der Waals surface area contributed by atoms with Crippen LogP contribution in [0.2, 0.25) is 0 Å². The minimum atomic E-state index is 0.187. The Kier molecular flexibility index (Phi) is 4.94. The summed E-state index contributed by atoms with van der Waals surface area (Å²) < 4.78 is 2.21. The van der Waals surface area contributed by atoms with Crippen LogP contribution in [-0.4, -0.2) is 58.5 Å². The van der Waals surface area contributed by atoms with Crippen LogP contribution in [0.3, 0.4) is 0 Å². The van der Waals surface area contributed by atoms with Gasteiger partial charge in [0.15, 0.2) is 4.34 Å². The van der Waals surface area contributed by atoms with Crippen LogP contribution in [0.1, 0.15) is 19.3 Å². The molecule has 5 nitrogen and oxygen atoms in total. The third kappa shape index (κ3) is 3.98. The molecule has 1 aliphatic heterocycles. The minimum Gasteiger partial charge on any atom is -0.339 e. The van der Waals surface area contributed by atoms with E-state index in [1.165, 1.54) is 4.70 Å². The van der Waals surface area contributed by atoms with Crippen molar-refractivity contribution in [1.29, 1.82) is 0 Å². The molecule has 0 spiro atoms. The number of thioether (sulfide) groups is 1. The SMILES string of the molecule is O=C(CCSc1nc2ccccc2s1)N1CCN(C(=O)C2CC2)CC1. The third-order valence-corrected chi connectivity index (χ3v) is 6.87. The standard InChI is InChI=1S/C18H21N3O2S2/c22-16(20-8-10-21(11-9-20)17(23)13-5-6-13)7-12-24-18-19-14-3-1-2-4-15(14)25-18/h1-4,13H,5-12H2. The van der Waals surface area contributed by atoms with E-state index in [1.54, 1.807) is 23.1 Å². The van der Waals surface area contributed by atoms with Crippen molar-refractivity contribution >= 4 is 45.1 Å². The lowest BCUT2D eigenvalue weighted by Crippen LogP contribution is -2.51. The molecule has 1 aromatic carbocycles. The number of hydrogen-bond acceptors (Lipinski definition) is 5. The summed E-state index contributed by atoms with van der Waals surface area (Å²) in [6, 6.07) is 8.10. The largest absolute Gasteiger partial charge is 0.339 e. The van der Waals surface area contributed by atoms with E-state index in [-0.39, 0.29) is 11.8 Å². The lowest BCUT2D eigenvalue weighted by atomic mass is 10.2. The first-order valence-corrected chi connectivity index (χ1v) is 10.6. The molecular formula is C18H21N3O2S2. The predicted octanol–water partition coefficient (Wildman–Crippen LogP) is 2.86. The number of piperazine rings is 1. The van der Waals surface area contributed by atoms with Gasteiger partial charge in [-0.15, -0.1) is 11.3 Å². The van der Waals surface area contributed by atoms with Gasteiger partial charge >= 0.3 is 0 Å². The van der Waals surface area contributed by atoms with Gasteiger partial charge in [0.2, 0.25) is 11.8 Å². The van der Waals surface area contributed by atoms with Crippen LogP contribution in [0, 0.1) is 5.92 Å². The monoisotopic (exact) mass is 375 g/mol. The number of nitrogens with zero attached hydrogens (tertiary/aromatic N) is 3. The van der Waals surface area contributed by atoms with Gasteiger partial charge in [-0.2, -0.15) is 0 Å². The Morgan fingerprint density at radius 3 is 2.56 bits per heavy atom.